The van der Waals surface area contributed by atoms with Crippen LogP contribution in [0.25, 0.3) is 0 Å². The third kappa shape index (κ3) is 4.97. The van der Waals surface area contributed by atoms with Crippen molar-refractivity contribution < 1.29 is 5.11 Å². The molecular weight excluding hydrogens is 270 g/mol. The Labute approximate surface area is 134 Å². The molecule has 1 atom stereocenters. The number of hydrogen-bond donors (Lipinski definition) is 1. The van der Waals surface area contributed by atoms with Crippen LogP contribution in [-0.4, -0.2) is 23.1 Å². The monoisotopic (exact) mass is 297 g/mol. The van der Waals surface area contributed by atoms with Crippen molar-refractivity contribution in [2.45, 2.75) is 39.3 Å². The fourth-order valence-corrected chi connectivity index (χ4v) is 2.64. The first kappa shape index (κ1) is 16.7. The van der Waals surface area contributed by atoms with E-state index in [1.165, 1.54) is 11.1 Å². The molecule has 2 aromatic rings. The summed E-state index contributed by atoms with van der Waals surface area (Å²) in [6.07, 6.45) is 1.43. The summed E-state index contributed by atoms with van der Waals surface area (Å²) in [6, 6.07) is 18.8. The summed E-state index contributed by atoms with van der Waals surface area (Å²) in [7, 11) is 0. The van der Waals surface area contributed by atoms with E-state index in [4.69, 9.17) is 0 Å². The lowest BCUT2D eigenvalue weighted by Gasteiger charge is -2.22. The maximum absolute atomic E-state index is 10.4. The Balaban J connectivity index is 1.86. The van der Waals surface area contributed by atoms with Crippen molar-refractivity contribution in [3.05, 3.63) is 71.3 Å². The van der Waals surface area contributed by atoms with Crippen molar-refractivity contribution in [2.75, 3.05) is 13.1 Å². The zero-order chi connectivity index (χ0) is 15.8. The molecule has 118 valence electrons. The van der Waals surface area contributed by atoms with Crippen LogP contribution in [0, 0.1) is 0 Å². The van der Waals surface area contributed by atoms with Gasteiger partial charge in [-0.3, -0.25) is 4.90 Å². The Bertz CT molecular complexity index is 535. The molecular formula is C20H27NO. The number of rotatable bonds is 8. The number of benzene rings is 2. The molecule has 0 saturated heterocycles. The molecule has 0 fully saturated rings. The van der Waals surface area contributed by atoms with Gasteiger partial charge >= 0.3 is 0 Å². The maximum Gasteiger partial charge on any atom is 0.0802 e. The highest BCUT2D eigenvalue weighted by molar-refractivity contribution is 5.24. The Hall–Kier alpha value is -1.64. The highest BCUT2D eigenvalue weighted by atomic mass is 16.3. The molecule has 0 saturated carbocycles. The van der Waals surface area contributed by atoms with Crippen molar-refractivity contribution >= 4 is 0 Å². The van der Waals surface area contributed by atoms with E-state index in [0.717, 1.165) is 38.0 Å². The average Bonchev–Trinajstić information content (AvgIpc) is 2.59. The van der Waals surface area contributed by atoms with Gasteiger partial charge in [-0.25, -0.2) is 0 Å². The standard InChI is InChI=1S/C20H27NO/c1-3-17-10-12-19(13-11-17)20(22)14-15-21(4-2)16-18-8-6-5-7-9-18/h5-13,20,22H,3-4,14-16H2,1-2H3. The summed E-state index contributed by atoms with van der Waals surface area (Å²) in [5, 5.41) is 10.4. The average molecular weight is 297 g/mol. The van der Waals surface area contributed by atoms with Crippen molar-refractivity contribution in [2.24, 2.45) is 0 Å². The zero-order valence-electron chi connectivity index (χ0n) is 13.7. The Morgan fingerprint density at radius 3 is 2.18 bits per heavy atom. The van der Waals surface area contributed by atoms with E-state index in [-0.39, 0.29) is 6.10 Å². The fourth-order valence-electron chi connectivity index (χ4n) is 2.64. The highest BCUT2D eigenvalue weighted by Crippen LogP contribution is 2.18. The molecule has 0 aliphatic heterocycles. The van der Waals surface area contributed by atoms with E-state index in [0.29, 0.717) is 0 Å². The van der Waals surface area contributed by atoms with Crippen LogP contribution < -0.4 is 0 Å². The first-order valence-corrected chi connectivity index (χ1v) is 8.26. The van der Waals surface area contributed by atoms with Crippen LogP contribution in [0.4, 0.5) is 0 Å². The predicted octanol–water partition coefficient (Wildman–Crippen LogP) is 4.19. The number of aliphatic hydroxyl groups excluding tert-OH is 1. The lowest BCUT2D eigenvalue weighted by molar-refractivity contribution is 0.141. The van der Waals surface area contributed by atoms with Gasteiger partial charge in [-0.05, 0) is 36.1 Å². The van der Waals surface area contributed by atoms with Crippen LogP contribution in [0.3, 0.4) is 0 Å². The number of aliphatic hydroxyl groups is 1. The molecule has 0 aliphatic carbocycles. The van der Waals surface area contributed by atoms with Crippen LogP contribution in [0.1, 0.15) is 43.1 Å². The van der Waals surface area contributed by atoms with Crippen LogP contribution in [0.15, 0.2) is 54.6 Å². The Kier molecular flexibility index (Phi) is 6.63. The minimum absolute atomic E-state index is 0.379. The van der Waals surface area contributed by atoms with Gasteiger partial charge in [0.2, 0.25) is 0 Å². The van der Waals surface area contributed by atoms with Gasteiger partial charge in [0, 0.05) is 13.1 Å². The lowest BCUT2D eigenvalue weighted by Crippen LogP contribution is -2.25. The molecule has 0 radical (unpaired) electrons. The number of hydrogen-bond acceptors (Lipinski definition) is 2. The molecule has 1 N–H and O–H groups in total. The van der Waals surface area contributed by atoms with Gasteiger partial charge in [0.1, 0.15) is 0 Å². The fraction of sp³-hybridized carbons (Fsp3) is 0.400. The molecule has 2 rings (SSSR count). The molecule has 22 heavy (non-hydrogen) atoms. The van der Waals surface area contributed by atoms with Gasteiger partial charge in [-0.2, -0.15) is 0 Å². The maximum atomic E-state index is 10.4. The minimum atomic E-state index is -0.379. The van der Waals surface area contributed by atoms with Gasteiger partial charge in [-0.15, -0.1) is 0 Å². The normalized spacial score (nSPS) is 12.5. The van der Waals surface area contributed by atoms with Crippen molar-refractivity contribution in [3.8, 4) is 0 Å². The smallest absolute Gasteiger partial charge is 0.0802 e. The van der Waals surface area contributed by atoms with E-state index in [2.05, 4.69) is 67.3 Å². The van der Waals surface area contributed by atoms with Crippen molar-refractivity contribution in [1.29, 1.82) is 0 Å². The van der Waals surface area contributed by atoms with E-state index in [1.54, 1.807) is 0 Å². The molecule has 2 nitrogen and oxygen atoms in total. The van der Waals surface area contributed by atoms with Crippen molar-refractivity contribution in [3.63, 3.8) is 0 Å². The zero-order valence-corrected chi connectivity index (χ0v) is 13.7. The third-order valence-corrected chi connectivity index (χ3v) is 4.19. The molecule has 0 bridgehead atoms. The highest BCUT2D eigenvalue weighted by Gasteiger charge is 2.10. The number of nitrogens with zero attached hydrogens (tertiary/aromatic N) is 1. The second kappa shape index (κ2) is 8.72. The summed E-state index contributed by atoms with van der Waals surface area (Å²) in [4.78, 5) is 2.37. The van der Waals surface area contributed by atoms with Gasteiger partial charge in [-0.1, -0.05) is 68.4 Å². The summed E-state index contributed by atoms with van der Waals surface area (Å²) in [5.41, 5.74) is 3.66. The van der Waals surface area contributed by atoms with E-state index < -0.39 is 0 Å². The topological polar surface area (TPSA) is 23.5 Å². The molecule has 0 spiro atoms. The van der Waals surface area contributed by atoms with Gasteiger partial charge in [0.15, 0.2) is 0 Å². The van der Waals surface area contributed by atoms with Crippen LogP contribution in [0.2, 0.25) is 0 Å². The summed E-state index contributed by atoms with van der Waals surface area (Å²) in [5.74, 6) is 0. The van der Waals surface area contributed by atoms with Crippen LogP contribution in [0.5, 0.6) is 0 Å². The summed E-state index contributed by atoms with van der Waals surface area (Å²) >= 11 is 0. The van der Waals surface area contributed by atoms with Gasteiger partial charge in [0.25, 0.3) is 0 Å². The molecule has 2 aromatic carbocycles. The van der Waals surface area contributed by atoms with E-state index in [9.17, 15) is 5.11 Å². The second-order valence-electron chi connectivity index (χ2n) is 5.75. The molecule has 2 heteroatoms. The largest absolute Gasteiger partial charge is 0.388 e. The molecule has 0 amide bonds. The molecule has 1 unspecified atom stereocenters. The Morgan fingerprint density at radius 1 is 0.909 bits per heavy atom. The second-order valence-corrected chi connectivity index (χ2v) is 5.75. The SMILES string of the molecule is CCc1ccc(C(O)CCN(CC)Cc2ccccc2)cc1. The molecule has 0 aromatic heterocycles. The first-order valence-electron chi connectivity index (χ1n) is 8.26. The van der Waals surface area contributed by atoms with Gasteiger partial charge in [0.05, 0.1) is 6.10 Å². The summed E-state index contributed by atoms with van der Waals surface area (Å²) < 4.78 is 0. The minimum Gasteiger partial charge on any atom is -0.388 e. The van der Waals surface area contributed by atoms with E-state index in [1.807, 2.05) is 6.07 Å². The quantitative estimate of drug-likeness (QED) is 0.789. The lowest BCUT2D eigenvalue weighted by atomic mass is 10.0. The van der Waals surface area contributed by atoms with Gasteiger partial charge < -0.3 is 5.11 Å². The molecule has 0 aliphatic rings. The number of aryl methyl sites for hydroxylation is 1. The van der Waals surface area contributed by atoms with Crippen LogP contribution >= 0.6 is 0 Å². The summed E-state index contributed by atoms with van der Waals surface area (Å²) in [6.45, 7) is 7.16. The van der Waals surface area contributed by atoms with Crippen molar-refractivity contribution in [1.82, 2.24) is 4.90 Å². The van der Waals surface area contributed by atoms with E-state index >= 15 is 0 Å². The molecule has 0 heterocycles. The van der Waals surface area contributed by atoms with Crippen LogP contribution in [-0.2, 0) is 13.0 Å². The predicted molar refractivity (Wildman–Crippen MR) is 92.8 cm³/mol. The third-order valence-electron chi connectivity index (χ3n) is 4.19. The first-order chi connectivity index (χ1) is 10.7. The Morgan fingerprint density at radius 2 is 1.59 bits per heavy atom.